The van der Waals surface area contributed by atoms with Crippen molar-refractivity contribution in [3.8, 4) is 11.5 Å². The number of aromatic amines is 1. The van der Waals surface area contributed by atoms with Gasteiger partial charge in [0.15, 0.2) is 6.61 Å². The molecule has 0 radical (unpaired) electrons. The Labute approximate surface area is 304 Å². The normalized spacial score (nSPS) is 15.8. The number of hydrogen-bond acceptors (Lipinski definition) is 9. The van der Waals surface area contributed by atoms with Crippen molar-refractivity contribution in [2.24, 2.45) is 0 Å². The second-order valence-corrected chi connectivity index (χ2v) is 12.9. The first-order valence-corrected chi connectivity index (χ1v) is 17.2. The summed E-state index contributed by atoms with van der Waals surface area (Å²) in [5, 5.41) is 48.6. The van der Waals surface area contributed by atoms with E-state index in [1.54, 1.807) is 59.5 Å². The van der Waals surface area contributed by atoms with Crippen molar-refractivity contribution in [2.45, 2.75) is 30.6 Å². The fourth-order valence-corrected chi connectivity index (χ4v) is 6.47. The molecule has 53 heavy (non-hydrogen) atoms. The van der Waals surface area contributed by atoms with Gasteiger partial charge in [0.05, 0.1) is 11.6 Å². The standard InChI is InChI=1S/C40H40N4O9/c45-33-15-13-31(32-14-16-35(47)43-37(32)33)34(46)22-41-19-17-25-9-11-26(12-10-25)38(49)42-29-18-20-44(23-29)36(48)24-53-30-8-4-7-28(21-30)40(52,39(50)51)27-5-2-1-3-6-27/h1-16,21,29,34,41,45-46,52H,17-20,22-24H2,(H,42,49)(H,43,47)(H,50,51). The van der Waals surface area contributed by atoms with Gasteiger partial charge in [-0.1, -0.05) is 60.7 Å². The third-order valence-electron chi connectivity index (χ3n) is 9.40. The summed E-state index contributed by atoms with van der Waals surface area (Å²) in [7, 11) is 0. The number of carboxylic acid groups (broad SMARTS) is 1. The molecule has 5 aromatic rings. The molecule has 0 spiro atoms. The molecule has 1 saturated heterocycles. The van der Waals surface area contributed by atoms with Crippen molar-refractivity contribution in [2.75, 3.05) is 32.8 Å². The lowest BCUT2D eigenvalue weighted by molar-refractivity contribution is -0.155. The van der Waals surface area contributed by atoms with Gasteiger partial charge in [0.1, 0.15) is 11.5 Å². The van der Waals surface area contributed by atoms with Crippen molar-refractivity contribution in [3.63, 3.8) is 0 Å². The Balaban J connectivity index is 0.942. The molecule has 13 heteroatoms. The highest BCUT2D eigenvalue weighted by atomic mass is 16.5. The predicted molar refractivity (Wildman–Crippen MR) is 196 cm³/mol. The lowest BCUT2D eigenvalue weighted by atomic mass is 9.86. The van der Waals surface area contributed by atoms with Crippen LogP contribution in [0, 0.1) is 0 Å². The molecule has 6 rings (SSSR count). The van der Waals surface area contributed by atoms with Crippen LogP contribution in [0.4, 0.5) is 0 Å². The van der Waals surface area contributed by atoms with E-state index in [9.17, 15) is 39.6 Å². The van der Waals surface area contributed by atoms with Crippen LogP contribution in [0.15, 0.2) is 108 Å². The number of aromatic hydroxyl groups is 1. The minimum atomic E-state index is -2.30. The molecule has 1 aliphatic rings. The summed E-state index contributed by atoms with van der Waals surface area (Å²) in [5.41, 5.74) is -0.0296. The van der Waals surface area contributed by atoms with Gasteiger partial charge >= 0.3 is 5.97 Å². The predicted octanol–water partition coefficient (Wildman–Crippen LogP) is 2.83. The molecule has 0 bridgehead atoms. The quantitative estimate of drug-likeness (QED) is 0.0837. The van der Waals surface area contributed by atoms with Crippen LogP contribution < -0.4 is 20.9 Å². The zero-order valence-electron chi connectivity index (χ0n) is 28.7. The fourth-order valence-electron chi connectivity index (χ4n) is 6.47. The summed E-state index contributed by atoms with van der Waals surface area (Å²) in [6, 6.07) is 27.0. The van der Waals surface area contributed by atoms with E-state index in [-0.39, 0.29) is 64.7 Å². The van der Waals surface area contributed by atoms with Crippen molar-refractivity contribution in [1.29, 1.82) is 0 Å². The third-order valence-corrected chi connectivity index (χ3v) is 9.40. The van der Waals surface area contributed by atoms with Gasteiger partial charge in [0.25, 0.3) is 11.8 Å². The topological polar surface area (TPSA) is 202 Å². The zero-order valence-corrected chi connectivity index (χ0v) is 28.7. The number of amides is 2. The number of aromatic nitrogens is 1. The first-order chi connectivity index (χ1) is 25.5. The molecule has 0 aliphatic carbocycles. The van der Waals surface area contributed by atoms with E-state index in [1.807, 2.05) is 12.1 Å². The molecule has 2 heterocycles. The number of H-pyrrole nitrogens is 1. The van der Waals surface area contributed by atoms with E-state index in [1.165, 1.54) is 36.4 Å². The minimum absolute atomic E-state index is 0.0681. The minimum Gasteiger partial charge on any atom is -0.506 e. The van der Waals surface area contributed by atoms with Crippen LogP contribution in [0.2, 0.25) is 0 Å². The number of rotatable bonds is 14. The number of nitrogens with zero attached hydrogens (tertiary/aromatic N) is 1. The zero-order chi connectivity index (χ0) is 37.5. The molecule has 13 nitrogen and oxygen atoms in total. The van der Waals surface area contributed by atoms with Gasteiger partial charge in [0.2, 0.25) is 11.2 Å². The number of aliphatic hydroxyl groups is 2. The summed E-state index contributed by atoms with van der Waals surface area (Å²) in [5.74, 6) is -1.82. The second-order valence-electron chi connectivity index (χ2n) is 12.9. The Kier molecular flexibility index (Phi) is 11.2. The van der Waals surface area contributed by atoms with Gasteiger partial charge in [-0.2, -0.15) is 0 Å². The molecule has 1 aliphatic heterocycles. The Morgan fingerprint density at radius 2 is 1.70 bits per heavy atom. The number of carbonyl (C=O) groups excluding carboxylic acids is 2. The molecule has 1 fully saturated rings. The SMILES string of the molecule is O=C(NC1CCN(C(=O)COc2cccc(C(O)(C(=O)O)c3ccccc3)c2)C1)c1ccc(CCNCC(O)c2ccc(O)c3[nH]c(=O)ccc23)cc1. The number of fused-ring (bicyclic) bond motifs is 1. The number of carboxylic acids is 1. The molecule has 274 valence electrons. The fraction of sp³-hybridized carbons (Fsp3) is 0.250. The molecule has 1 aromatic heterocycles. The van der Waals surface area contributed by atoms with E-state index >= 15 is 0 Å². The summed E-state index contributed by atoms with van der Waals surface area (Å²) in [4.78, 5) is 53.9. The maximum absolute atomic E-state index is 13.0. The second kappa shape index (κ2) is 16.1. The Morgan fingerprint density at radius 1 is 0.943 bits per heavy atom. The van der Waals surface area contributed by atoms with Gasteiger partial charge in [-0.3, -0.25) is 14.4 Å². The molecule has 4 aromatic carbocycles. The van der Waals surface area contributed by atoms with Crippen LogP contribution in [-0.4, -0.2) is 86.9 Å². The van der Waals surface area contributed by atoms with Crippen LogP contribution in [0.3, 0.4) is 0 Å². The van der Waals surface area contributed by atoms with Crippen LogP contribution in [-0.2, 0) is 21.6 Å². The molecule has 0 saturated carbocycles. The number of aliphatic carboxylic acids is 1. The van der Waals surface area contributed by atoms with Gasteiger partial charge in [0, 0.05) is 48.3 Å². The van der Waals surface area contributed by atoms with E-state index < -0.39 is 17.7 Å². The average molecular weight is 721 g/mol. The highest BCUT2D eigenvalue weighted by molar-refractivity contribution is 5.94. The summed E-state index contributed by atoms with van der Waals surface area (Å²) < 4.78 is 5.70. The number of ether oxygens (including phenoxy) is 1. The van der Waals surface area contributed by atoms with Crippen molar-refractivity contribution in [1.82, 2.24) is 20.5 Å². The number of phenols is 1. The maximum Gasteiger partial charge on any atom is 0.345 e. The molecule has 3 atom stereocenters. The summed E-state index contributed by atoms with van der Waals surface area (Å²) >= 11 is 0. The van der Waals surface area contributed by atoms with Gasteiger partial charge in [-0.15, -0.1) is 0 Å². The van der Waals surface area contributed by atoms with Crippen molar-refractivity contribution in [3.05, 3.63) is 141 Å². The van der Waals surface area contributed by atoms with E-state index in [0.29, 0.717) is 49.0 Å². The highest BCUT2D eigenvalue weighted by Crippen LogP contribution is 2.32. The van der Waals surface area contributed by atoms with Crippen LogP contribution in [0.5, 0.6) is 11.5 Å². The van der Waals surface area contributed by atoms with Crippen molar-refractivity contribution < 1.29 is 39.5 Å². The van der Waals surface area contributed by atoms with Gasteiger partial charge in [-0.05, 0) is 72.5 Å². The Morgan fingerprint density at radius 3 is 2.45 bits per heavy atom. The van der Waals surface area contributed by atoms with E-state index in [0.717, 1.165) is 5.56 Å². The Hall–Kier alpha value is -6.02. The first kappa shape index (κ1) is 36.8. The number of aliphatic hydroxyl groups excluding tert-OH is 1. The number of hydrogen-bond donors (Lipinski definition) is 7. The molecule has 2 amide bonds. The smallest absolute Gasteiger partial charge is 0.345 e. The van der Waals surface area contributed by atoms with Gasteiger partial charge < -0.3 is 45.7 Å². The lowest BCUT2D eigenvalue weighted by Gasteiger charge is -2.25. The monoisotopic (exact) mass is 720 g/mol. The number of benzene rings is 4. The van der Waals surface area contributed by atoms with Crippen molar-refractivity contribution >= 4 is 28.7 Å². The highest BCUT2D eigenvalue weighted by Gasteiger charge is 2.40. The lowest BCUT2D eigenvalue weighted by Crippen LogP contribution is -2.39. The number of carbonyl (C=O) groups is 3. The van der Waals surface area contributed by atoms with E-state index in [2.05, 4.69) is 15.6 Å². The number of likely N-dealkylation sites (tertiary alicyclic amines) is 1. The molecule has 3 unspecified atom stereocenters. The first-order valence-electron chi connectivity index (χ1n) is 17.2. The summed E-state index contributed by atoms with van der Waals surface area (Å²) in [6.45, 7) is 1.27. The average Bonchev–Trinajstić information content (AvgIpc) is 3.64. The third kappa shape index (κ3) is 8.39. The number of pyridine rings is 1. The number of nitrogens with one attached hydrogen (secondary N) is 3. The van der Waals surface area contributed by atoms with Gasteiger partial charge in [-0.25, -0.2) is 4.79 Å². The van der Waals surface area contributed by atoms with Crippen LogP contribution in [0.1, 0.15) is 45.1 Å². The van der Waals surface area contributed by atoms with E-state index in [4.69, 9.17) is 4.74 Å². The summed E-state index contributed by atoms with van der Waals surface area (Å²) in [6.07, 6.45) is 0.357. The molecular formula is C40H40N4O9. The molecular weight excluding hydrogens is 680 g/mol. The largest absolute Gasteiger partial charge is 0.506 e. The maximum atomic E-state index is 13.0. The number of phenolic OH excluding ortho intramolecular Hbond substituents is 1. The molecule has 7 N–H and O–H groups in total. The Bertz CT molecular complexity index is 2160. The van der Waals surface area contributed by atoms with Crippen LogP contribution >= 0.6 is 0 Å². The van der Waals surface area contributed by atoms with Crippen LogP contribution in [0.25, 0.3) is 10.9 Å².